The summed E-state index contributed by atoms with van der Waals surface area (Å²) < 4.78 is 46.3. The molecule has 0 spiro atoms. The number of rotatable bonds is 4. The van der Waals surface area contributed by atoms with Crippen LogP contribution in [0.1, 0.15) is 10.4 Å². The molecule has 30 heavy (non-hydrogen) atoms. The molecule has 0 atom stereocenters. The highest BCUT2D eigenvalue weighted by atomic mass is 35.5. The predicted octanol–water partition coefficient (Wildman–Crippen LogP) is 4.02. The van der Waals surface area contributed by atoms with Crippen LogP contribution in [0, 0.1) is 5.82 Å². The van der Waals surface area contributed by atoms with Crippen molar-refractivity contribution >= 4 is 65.8 Å². The van der Waals surface area contributed by atoms with Gasteiger partial charge in [0.15, 0.2) is 5.13 Å². The molecule has 0 aliphatic carbocycles. The quantitative estimate of drug-likeness (QED) is 0.597. The number of halogens is 3. The van der Waals surface area contributed by atoms with E-state index in [0.717, 1.165) is 17.4 Å². The number of sulfonamides is 1. The number of nitrogens with one attached hydrogen (secondary N) is 1. The smallest absolute Gasteiger partial charge is 0.259 e. The molecule has 1 N–H and O–H groups in total. The molecule has 1 amide bonds. The molecule has 4 rings (SSSR count). The fraction of sp³-hybridized carbons (Fsp3) is 0.222. The molecule has 158 valence electrons. The normalized spacial score (nSPS) is 15.4. The van der Waals surface area contributed by atoms with Crippen LogP contribution in [-0.2, 0) is 14.8 Å². The van der Waals surface area contributed by atoms with E-state index in [1.807, 2.05) is 0 Å². The predicted molar refractivity (Wildman–Crippen MR) is 114 cm³/mol. The number of ether oxygens (including phenoxy) is 1. The number of nitrogens with zero attached hydrogens (tertiary/aromatic N) is 2. The van der Waals surface area contributed by atoms with E-state index in [2.05, 4.69) is 10.3 Å². The maximum atomic E-state index is 13.4. The number of benzene rings is 2. The minimum absolute atomic E-state index is 0.00872. The lowest BCUT2D eigenvalue weighted by Gasteiger charge is -2.26. The number of fused-ring (bicyclic) bond motifs is 1. The topological polar surface area (TPSA) is 88.6 Å². The summed E-state index contributed by atoms with van der Waals surface area (Å²) in [6, 6.07) is 6.45. The third kappa shape index (κ3) is 4.16. The zero-order valence-electron chi connectivity index (χ0n) is 15.2. The highest BCUT2D eigenvalue weighted by Crippen LogP contribution is 2.32. The average molecular weight is 490 g/mol. The second-order valence-corrected chi connectivity index (χ2v) is 10.1. The minimum Gasteiger partial charge on any atom is -0.379 e. The first-order valence-corrected chi connectivity index (χ1v) is 11.7. The monoisotopic (exact) mass is 489 g/mol. The Labute approximate surface area is 185 Å². The van der Waals surface area contributed by atoms with Crippen molar-refractivity contribution in [3.8, 4) is 0 Å². The summed E-state index contributed by atoms with van der Waals surface area (Å²) in [5, 5.41) is 2.71. The standard InChI is InChI=1S/C18H14Cl2FN3O4S2/c19-12-9-13(20)16(30(26,27)24-3-5-28-6-4-24)8-11(12)17(25)23-18-22-14-2-1-10(21)7-15(14)29-18/h1-2,7-9H,3-6H2,(H,22,23,25). The molecule has 12 heteroatoms. The van der Waals surface area contributed by atoms with Crippen LogP contribution in [0.15, 0.2) is 35.2 Å². The third-order valence-electron chi connectivity index (χ3n) is 4.43. The van der Waals surface area contributed by atoms with Gasteiger partial charge in [0.05, 0.1) is 39.0 Å². The second-order valence-electron chi connectivity index (χ2n) is 6.36. The molecule has 1 fully saturated rings. The molecule has 0 saturated carbocycles. The Kier molecular flexibility index (Phi) is 5.97. The zero-order valence-corrected chi connectivity index (χ0v) is 18.3. The summed E-state index contributed by atoms with van der Waals surface area (Å²) in [5.74, 6) is -1.07. The molecule has 1 aliphatic heterocycles. The van der Waals surface area contributed by atoms with E-state index in [0.29, 0.717) is 10.2 Å². The van der Waals surface area contributed by atoms with Crippen LogP contribution in [0.5, 0.6) is 0 Å². The first-order valence-electron chi connectivity index (χ1n) is 8.70. The van der Waals surface area contributed by atoms with Gasteiger partial charge in [-0.25, -0.2) is 17.8 Å². The van der Waals surface area contributed by atoms with E-state index in [-0.39, 0.29) is 51.9 Å². The lowest BCUT2D eigenvalue weighted by molar-refractivity contribution is 0.0730. The summed E-state index contributed by atoms with van der Waals surface area (Å²) in [4.78, 5) is 16.8. The van der Waals surface area contributed by atoms with Crippen LogP contribution in [-0.4, -0.2) is 49.9 Å². The van der Waals surface area contributed by atoms with Gasteiger partial charge in [-0.2, -0.15) is 4.31 Å². The number of aromatic nitrogens is 1. The van der Waals surface area contributed by atoms with E-state index in [4.69, 9.17) is 27.9 Å². The minimum atomic E-state index is -3.94. The number of morpholine rings is 1. The number of amides is 1. The fourth-order valence-corrected chi connectivity index (χ4v) is 6.07. The SMILES string of the molecule is O=C(Nc1nc2ccc(F)cc2s1)c1cc(S(=O)(=O)N2CCOCC2)c(Cl)cc1Cl. The Bertz CT molecular complexity index is 1240. The van der Waals surface area contributed by atoms with Crippen molar-refractivity contribution in [2.45, 2.75) is 4.90 Å². The Hall–Kier alpha value is -1.82. The van der Waals surface area contributed by atoms with Gasteiger partial charge in [0.1, 0.15) is 10.7 Å². The molecule has 1 saturated heterocycles. The van der Waals surface area contributed by atoms with Crippen molar-refractivity contribution in [1.29, 1.82) is 0 Å². The molecule has 1 aliphatic rings. The lowest BCUT2D eigenvalue weighted by atomic mass is 10.2. The highest BCUT2D eigenvalue weighted by molar-refractivity contribution is 7.89. The van der Waals surface area contributed by atoms with Crippen LogP contribution in [0.4, 0.5) is 9.52 Å². The summed E-state index contributed by atoms with van der Waals surface area (Å²) in [6.45, 7) is 0.919. The van der Waals surface area contributed by atoms with Gasteiger partial charge in [0, 0.05) is 13.1 Å². The van der Waals surface area contributed by atoms with Gasteiger partial charge in [0.2, 0.25) is 10.0 Å². The maximum absolute atomic E-state index is 13.4. The molecular weight excluding hydrogens is 476 g/mol. The lowest BCUT2D eigenvalue weighted by Crippen LogP contribution is -2.40. The number of thiazole rings is 1. The Balaban J connectivity index is 1.66. The van der Waals surface area contributed by atoms with E-state index in [1.54, 1.807) is 0 Å². The first-order chi connectivity index (χ1) is 14.3. The second kappa shape index (κ2) is 8.37. The third-order valence-corrected chi connectivity index (χ3v) is 8.03. The van der Waals surface area contributed by atoms with Gasteiger partial charge in [-0.05, 0) is 30.3 Å². The van der Waals surface area contributed by atoms with E-state index >= 15 is 0 Å². The van der Waals surface area contributed by atoms with Gasteiger partial charge in [-0.3, -0.25) is 10.1 Å². The molecule has 2 heterocycles. The number of carbonyl (C=O) groups is 1. The van der Waals surface area contributed by atoms with Crippen molar-refractivity contribution in [1.82, 2.24) is 9.29 Å². The molecule has 2 aromatic carbocycles. The first kappa shape index (κ1) is 21.4. The van der Waals surface area contributed by atoms with Crippen LogP contribution in [0.2, 0.25) is 10.0 Å². The Morgan fingerprint density at radius 1 is 1.17 bits per heavy atom. The average Bonchev–Trinajstić information content (AvgIpc) is 3.09. The molecule has 0 unspecified atom stereocenters. The van der Waals surface area contributed by atoms with Crippen LogP contribution in [0.25, 0.3) is 10.2 Å². The van der Waals surface area contributed by atoms with Crippen molar-refractivity contribution in [2.75, 3.05) is 31.6 Å². The van der Waals surface area contributed by atoms with Crippen molar-refractivity contribution < 1.29 is 22.3 Å². The number of hydrogen-bond acceptors (Lipinski definition) is 6. The molecular formula is C18H14Cl2FN3O4S2. The van der Waals surface area contributed by atoms with E-state index < -0.39 is 21.7 Å². The van der Waals surface area contributed by atoms with Gasteiger partial charge in [-0.15, -0.1) is 0 Å². The molecule has 7 nitrogen and oxygen atoms in total. The number of carbonyl (C=O) groups excluding carboxylic acids is 1. The highest BCUT2D eigenvalue weighted by Gasteiger charge is 2.30. The maximum Gasteiger partial charge on any atom is 0.259 e. The largest absolute Gasteiger partial charge is 0.379 e. The summed E-state index contributed by atoms with van der Waals surface area (Å²) in [7, 11) is -3.94. The van der Waals surface area contributed by atoms with Crippen molar-refractivity contribution in [2.24, 2.45) is 0 Å². The van der Waals surface area contributed by atoms with Gasteiger partial charge < -0.3 is 4.74 Å². The molecule has 1 aromatic heterocycles. The Morgan fingerprint density at radius 2 is 1.90 bits per heavy atom. The molecule has 0 radical (unpaired) electrons. The summed E-state index contributed by atoms with van der Waals surface area (Å²) in [6.07, 6.45) is 0. The van der Waals surface area contributed by atoms with Crippen LogP contribution < -0.4 is 5.32 Å². The Morgan fingerprint density at radius 3 is 2.63 bits per heavy atom. The van der Waals surface area contributed by atoms with Gasteiger partial charge >= 0.3 is 0 Å². The van der Waals surface area contributed by atoms with Crippen molar-refractivity contribution in [3.63, 3.8) is 0 Å². The zero-order chi connectivity index (χ0) is 21.5. The van der Waals surface area contributed by atoms with Gasteiger partial charge in [0.25, 0.3) is 5.91 Å². The molecule has 0 bridgehead atoms. The van der Waals surface area contributed by atoms with Crippen molar-refractivity contribution in [3.05, 3.63) is 51.8 Å². The van der Waals surface area contributed by atoms with E-state index in [1.165, 1.54) is 28.6 Å². The summed E-state index contributed by atoms with van der Waals surface area (Å²) >= 11 is 13.4. The van der Waals surface area contributed by atoms with Crippen LogP contribution in [0.3, 0.4) is 0 Å². The van der Waals surface area contributed by atoms with Gasteiger partial charge in [-0.1, -0.05) is 34.5 Å². The molecule has 3 aromatic rings. The number of anilines is 1. The fourth-order valence-electron chi connectivity index (χ4n) is 2.94. The summed E-state index contributed by atoms with van der Waals surface area (Å²) in [5.41, 5.74) is 0.452. The number of hydrogen-bond donors (Lipinski definition) is 1. The van der Waals surface area contributed by atoms with E-state index in [9.17, 15) is 17.6 Å². The van der Waals surface area contributed by atoms with Crippen LogP contribution >= 0.6 is 34.5 Å².